The van der Waals surface area contributed by atoms with Gasteiger partial charge in [0.05, 0.1) is 0 Å². The summed E-state index contributed by atoms with van der Waals surface area (Å²) in [7, 11) is 0. The van der Waals surface area contributed by atoms with Crippen molar-refractivity contribution in [1.82, 2.24) is 4.90 Å². The van der Waals surface area contributed by atoms with Gasteiger partial charge in [-0.3, -0.25) is 4.79 Å². The highest BCUT2D eigenvalue weighted by Crippen LogP contribution is 2.37. The van der Waals surface area contributed by atoms with E-state index in [-0.39, 0.29) is 11.7 Å². The van der Waals surface area contributed by atoms with Gasteiger partial charge in [-0.25, -0.2) is 9.38 Å². The van der Waals surface area contributed by atoms with Crippen LogP contribution in [-0.2, 0) is 17.6 Å². The fraction of sp³-hybridized carbons (Fsp3) is 0.400. The second-order valence-electron chi connectivity index (χ2n) is 8.78. The second kappa shape index (κ2) is 8.35. The van der Waals surface area contributed by atoms with E-state index >= 15 is 0 Å². The first-order valence-electron chi connectivity index (χ1n) is 11.1. The van der Waals surface area contributed by atoms with Crippen LogP contribution in [0.1, 0.15) is 36.5 Å². The average Bonchev–Trinajstić information content (AvgIpc) is 3.35. The molecule has 3 aliphatic heterocycles. The number of hydrogen-bond donors (Lipinski definition) is 0. The number of likely N-dealkylation sites (tertiary alicyclic amines) is 1. The number of aliphatic imine (C=N–C) groups is 2. The highest BCUT2D eigenvalue weighted by Gasteiger charge is 2.34. The Labute approximate surface area is 182 Å². The van der Waals surface area contributed by atoms with Crippen molar-refractivity contribution in [3.05, 3.63) is 65.0 Å². The first-order valence-corrected chi connectivity index (χ1v) is 11.1. The maximum atomic E-state index is 13.1. The third-order valence-electron chi connectivity index (χ3n) is 6.77. The summed E-state index contributed by atoms with van der Waals surface area (Å²) in [6, 6.07) is 14.1. The van der Waals surface area contributed by atoms with Crippen LogP contribution in [0.25, 0.3) is 0 Å². The number of halogens is 1. The van der Waals surface area contributed by atoms with Gasteiger partial charge in [-0.15, -0.1) is 0 Å². The normalized spacial score (nSPS) is 21.6. The van der Waals surface area contributed by atoms with Gasteiger partial charge in [-0.1, -0.05) is 24.3 Å². The lowest BCUT2D eigenvalue weighted by atomic mass is 10.0. The van der Waals surface area contributed by atoms with Crippen molar-refractivity contribution in [2.24, 2.45) is 9.98 Å². The topological polar surface area (TPSA) is 48.3 Å². The van der Waals surface area contributed by atoms with Crippen LogP contribution in [-0.4, -0.2) is 54.6 Å². The summed E-state index contributed by atoms with van der Waals surface area (Å²) in [5.41, 5.74) is 5.08. The standard InChI is InChI=1S/C25H27FN4O/c1-17-14-19-4-5-20(24-25(31)28-16-27-24)15-23(19)30(17)22-9-12-29(13-10-22)11-8-18-2-6-21(26)7-3-18/h2-7,15-17,22H,8-14H2,1H3. The summed E-state index contributed by atoms with van der Waals surface area (Å²) in [5.74, 6) is -0.434. The number of hydrogen-bond acceptors (Lipinski definition) is 4. The molecule has 2 aromatic rings. The smallest absolute Gasteiger partial charge is 0.297 e. The van der Waals surface area contributed by atoms with Gasteiger partial charge in [-0.05, 0) is 61.9 Å². The number of amides is 1. The Balaban J connectivity index is 1.24. The maximum absolute atomic E-state index is 13.1. The van der Waals surface area contributed by atoms with Gasteiger partial charge >= 0.3 is 0 Å². The number of nitrogens with zero attached hydrogens (tertiary/aromatic N) is 4. The van der Waals surface area contributed by atoms with Gasteiger partial charge in [0.2, 0.25) is 0 Å². The molecule has 1 unspecified atom stereocenters. The number of benzene rings is 2. The van der Waals surface area contributed by atoms with Crippen molar-refractivity contribution in [2.45, 2.75) is 44.7 Å². The molecule has 1 fully saturated rings. The van der Waals surface area contributed by atoms with E-state index < -0.39 is 0 Å². The molecule has 5 nitrogen and oxygen atoms in total. The zero-order chi connectivity index (χ0) is 21.4. The lowest BCUT2D eigenvalue weighted by molar-refractivity contribution is -0.111. The summed E-state index contributed by atoms with van der Waals surface area (Å²) in [6.07, 6.45) is 5.58. The van der Waals surface area contributed by atoms with E-state index in [9.17, 15) is 9.18 Å². The van der Waals surface area contributed by atoms with Crippen LogP contribution in [0.3, 0.4) is 0 Å². The molecule has 160 valence electrons. The fourth-order valence-electron chi connectivity index (χ4n) is 5.15. The Hall–Kier alpha value is -2.86. The zero-order valence-electron chi connectivity index (χ0n) is 17.8. The molecular weight excluding hydrogens is 391 g/mol. The largest absolute Gasteiger partial charge is 0.365 e. The minimum atomic E-state index is -0.257. The highest BCUT2D eigenvalue weighted by atomic mass is 19.1. The Morgan fingerprint density at radius 2 is 1.87 bits per heavy atom. The predicted octanol–water partition coefficient (Wildman–Crippen LogP) is 3.64. The molecule has 0 aromatic heterocycles. The number of piperidine rings is 1. The molecule has 31 heavy (non-hydrogen) atoms. The SMILES string of the molecule is CC1Cc2ccc(C3=NC=NC3=O)cc2N1C1CCN(CCc2ccc(F)cc2)CC1. The summed E-state index contributed by atoms with van der Waals surface area (Å²) < 4.78 is 13.1. The van der Waals surface area contributed by atoms with Crippen molar-refractivity contribution in [3.63, 3.8) is 0 Å². The average molecular weight is 419 g/mol. The van der Waals surface area contributed by atoms with Gasteiger partial charge in [-0.2, -0.15) is 4.99 Å². The molecular formula is C25H27FN4O. The van der Waals surface area contributed by atoms with Crippen LogP contribution in [0.2, 0.25) is 0 Å². The molecule has 1 saturated heterocycles. The predicted molar refractivity (Wildman–Crippen MR) is 122 cm³/mol. The molecule has 0 spiro atoms. The van der Waals surface area contributed by atoms with Gasteiger partial charge < -0.3 is 9.80 Å². The van der Waals surface area contributed by atoms with Crippen LogP contribution in [0.5, 0.6) is 0 Å². The van der Waals surface area contributed by atoms with E-state index in [0.29, 0.717) is 17.8 Å². The molecule has 2 aromatic carbocycles. The summed E-state index contributed by atoms with van der Waals surface area (Å²) >= 11 is 0. The molecule has 1 amide bonds. The summed E-state index contributed by atoms with van der Waals surface area (Å²) in [4.78, 5) is 25.0. The molecule has 3 heterocycles. The van der Waals surface area contributed by atoms with Crippen molar-refractivity contribution in [3.8, 4) is 0 Å². The zero-order valence-corrected chi connectivity index (χ0v) is 17.8. The summed E-state index contributed by atoms with van der Waals surface area (Å²) in [5, 5.41) is 0. The van der Waals surface area contributed by atoms with Crippen LogP contribution >= 0.6 is 0 Å². The lowest BCUT2D eigenvalue weighted by Crippen LogP contribution is -2.47. The monoisotopic (exact) mass is 418 g/mol. The van der Waals surface area contributed by atoms with Crippen LogP contribution in [0.15, 0.2) is 52.4 Å². The van der Waals surface area contributed by atoms with Gasteiger partial charge in [0.1, 0.15) is 17.9 Å². The minimum absolute atomic E-state index is 0.176. The molecule has 0 bridgehead atoms. The van der Waals surface area contributed by atoms with Gasteiger partial charge in [0, 0.05) is 43.0 Å². The maximum Gasteiger partial charge on any atom is 0.297 e. The molecule has 0 N–H and O–H groups in total. The molecule has 0 radical (unpaired) electrons. The van der Waals surface area contributed by atoms with Crippen LogP contribution in [0.4, 0.5) is 10.1 Å². The molecule has 3 aliphatic rings. The number of carbonyl (C=O) groups excluding carboxylic acids is 1. The molecule has 0 saturated carbocycles. The van der Waals surface area contributed by atoms with Gasteiger partial charge in [0.15, 0.2) is 0 Å². The first kappa shape index (κ1) is 20.1. The Bertz CT molecular complexity index is 1040. The molecule has 6 heteroatoms. The third-order valence-corrected chi connectivity index (χ3v) is 6.77. The third kappa shape index (κ3) is 4.04. The van der Waals surface area contributed by atoms with E-state index in [2.05, 4.69) is 38.8 Å². The highest BCUT2D eigenvalue weighted by molar-refractivity contribution is 6.49. The molecule has 1 atom stereocenters. The Morgan fingerprint density at radius 1 is 1.10 bits per heavy atom. The Kier molecular flexibility index (Phi) is 5.40. The minimum Gasteiger partial charge on any atom is -0.365 e. The van der Waals surface area contributed by atoms with E-state index in [0.717, 1.165) is 50.9 Å². The number of carbonyl (C=O) groups is 1. The van der Waals surface area contributed by atoms with E-state index in [1.165, 1.54) is 23.2 Å². The number of rotatable bonds is 5. The number of fused-ring (bicyclic) bond motifs is 1. The second-order valence-corrected chi connectivity index (χ2v) is 8.78. The van der Waals surface area contributed by atoms with E-state index in [4.69, 9.17) is 0 Å². The number of anilines is 1. The quantitative estimate of drug-likeness (QED) is 0.745. The van der Waals surface area contributed by atoms with Crippen molar-refractivity contribution in [1.29, 1.82) is 0 Å². The van der Waals surface area contributed by atoms with Crippen LogP contribution in [0, 0.1) is 5.82 Å². The first-order chi connectivity index (χ1) is 15.1. The fourth-order valence-corrected chi connectivity index (χ4v) is 5.15. The Morgan fingerprint density at radius 3 is 2.58 bits per heavy atom. The van der Waals surface area contributed by atoms with Crippen molar-refractivity contribution < 1.29 is 9.18 Å². The van der Waals surface area contributed by atoms with Crippen molar-refractivity contribution in [2.75, 3.05) is 24.5 Å². The molecule has 0 aliphatic carbocycles. The van der Waals surface area contributed by atoms with E-state index in [1.807, 2.05) is 18.2 Å². The van der Waals surface area contributed by atoms with Crippen LogP contribution < -0.4 is 4.90 Å². The summed E-state index contributed by atoms with van der Waals surface area (Å²) in [6.45, 7) is 5.45. The van der Waals surface area contributed by atoms with Crippen molar-refractivity contribution >= 4 is 23.6 Å². The van der Waals surface area contributed by atoms with E-state index in [1.54, 1.807) is 12.1 Å². The van der Waals surface area contributed by atoms with Gasteiger partial charge in [0.25, 0.3) is 5.91 Å². The molecule has 5 rings (SSSR count). The lowest BCUT2D eigenvalue weighted by Gasteiger charge is -2.40.